The zero-order valence-corrected chi connectivity index (χ0v) is 16.9. The van der Waals surface area contributed by atoms with Crippen LogP contribution in [-0.4, -0.2) is 55.6 Å². The number of benzene rings is 2. The maximum Gasteiger partial charge on any atom is 0.293 e. The number of nitrogens with one attached hydrogen (secondary N) is 1. The van der Waals surface area contributed by atoms with Crippen LogP contribution < -0.4 is 10.2 Å². The first-order chi connectivity index (χ1) is 13.2. The third-order valence-corrected chi connectivity index (χ3v) is 4.81. The summed E-state index contributed by atoms with van der Waals surface area (Å²) in [7, 11) is 4.85. The van der Waals surface area contributed by atoms with Crippen molar-refractivity contribution in [1.29, 1.82) is 0 Å². The minimum Gasteiger partial charge on any atom is -0.372 e. The molecule has 0 atom stereocenters. The topological polar surface area (TPSA) is 95.8 Å². The summed E-state index contributed by atoms with van der Waals surface area (Å²) in [5.41, 5.74) is 1.06. The van der Waals surface area contributed by atoms with Gasteiger partial charge in [-0.15, -0.1) is 11.8 Å². The summed E-state index contributed by atoms with van der Waals surface area (Å²) in [5, 5.41) is 14.1. The third kappa shape index (κ3) is 5.01. The van der Waals surface area contributed by atoms with Crippen LogP contribution in [0.3, 0.4) is 0 Å². The van der Waals surface area contributed by atoms with E-state index >= 15 is 0 Å². The van der Waals surface area contributed by atoms with E-state index < -0.39 is 10.8 Å². The number of thioether (sulfide) groups is 1. The SMILES string of the molecule is CSc1ccccc1NC(=O)CN(C)C(=O)c1ccc(N(C)C)c([N+](=O)[O-])c1. The summed E-state index contributed by atoms with van der Waals surface area (Å²) >= 11 is 1.50. The first-order valence-corrected chi connectivity index (χ1v) is 9.61. The summed E-state index contributed by atoms with van der Waals surface area (Å²) in [4.78, 5) is 39.5. The number of nitro benzene ring substituents is 1. The molecule has 1 N–H and O–H groups in total. The Hall–Kier alpha value is -3.07. The lowest BCUT2D eigenvalue weighted by molar-refractivity contribution is -0.384. The third-order valence-electron chi connectivity index (χ3n) is 4.01. The van der Waals surface area contributed by atoms with Gasteiger partial charge in [0.25, 0.3) is 11.6 Å². The smallest absolute Gasteiger partial charge is 0.293 e. The second-order valence-electron chi connectivity index (χ2n) is 6.26. The molecule has 0 unspecified atom stereocenters. The predicted octanol–water partition coefficient (Wildman–Crippen LogP) is 3.09. The van der Waals surface area contributed by atoms with E-state index in [1.165, 1.54) is 41.9 Å². The van der Waals surface area contributed by atoms with Crippen LogP contribution in [0.4, 0.5) is 17.1 Å². The number of hydrogen-bond donors (Lipinski definition) is 1. The van der Waals surface area contributed by atoms with Crippen molar-refractivity contribution in [2.75, 3.05) is 44.2 Å². The Morgan fingerprint density at radius 2 is 1.82 bits per heavy atom. The highest BCUT2D eigenvalue weighted by molar-refractivity contribution is 7.98. The van der Waals surface area contributed by atoms with Crippen molar-refractivity contribution < 1.29 is 14.5 Å². The number of carbonyl (C=O) groups is 2. The van der Waals surface area contributed by atoms with Gasteiger partial charge in [-0.1, -0.05) is 12.1 Å². The van der Waals surface area contributed by atoms with E-state index in [4.69, 9.17) is 0 Å². The number of amides is 2. The minimum absolute atomic E-state index is 0.150. The van der Waals surface area contributed by atoms with Gasteiger partial charge in [-0.05, 0) is 30.5 Å². The molecule has 0 radical (unpaired) electrons. The van der Waals surface area contributed by atoms with Crippen molar-refractivity contribution in [3.8, 4) is 0 Å². The molecule has 0 aliphatic carbocycles. The molecule has 28 heavy (non-hydrogen) atoms. The molecule has 2 aromatic carbocycles. The van der Waals surface area contributed by atoms with Crippen LogP contribution in [0, 0.1) is 10.1 Å². The zero-order chi connectivity index (χ0) is 20.8. The quantitative estimate of drug-likeness (QED) is 0.434. The van der Waals surface area contributed by atoms with Crippen molar-refractivity contribution in [2.24, 2.45) is 0 Å². The summed E-state index contributed by atoms with van der Waals surface area (Å²) in [6.07, 6.45) is 1.91. The number of likely N-dealkylation sites (N-methyl/N-ethyl adjacent to an activating group) is 1. The number of carbonyl (C=O) groups excluding carboxylic acids is 2. The van der Waals surface area contributed by atoms with E-state index in [-0.39, 0.29) is 23.7 Å². The van der Waals surface area contributed by atoms with Crippen LogP contribution in [0.15, 0.2) is 47.4 Å². The van der Waals surface area contributed by atoms with Gasteiger partial charge in [0.2, 0.25) is 5.91 Å². The molecule has 0 aromatic heterocycles. The molecule has 2 aromatic rings. The minimum atomic E-state index is -0.530. The van der Waals surface area contributed by atoms with Crippen LogP contribution in [0.2, 0.25) is 0 Å². The van der Waals surface area contributed by atoms with Gasteiger partial charge >= 0.3 is 0 Å². The molecule has 2 rings (SSSR count). The lowest BCUT2D eigenvalue weighted by Gasteiger charge is -2.18. The Morgan fingerprint density at radius 1 is 1.14 bits per heavy atom. The van der Waals surface area contributed by atoms with E-state index in [1.54, 1.807) is 25.1 Å². The normalized spacial score (nSPS) is 10.3. The van der Waals surface area contributed by atoms with Gasteiger partial charge in [0, 0.05) is 37.7 Å². The number of para-hydroxylation sites is 1. The number of hydrogen-bond acceptors (Lipinski definition) is 6. The lowest BCUT2D eigenvalue weighted by atomic mass is 10.1. The standard InChI is InChI=1S/C19H22N4O4S/c1-21(2)15-10-9-13(11-16(15)23(26)27)19(25)22(3)12-18(24)20-14-7-5-6-8-17(14)28-4/h5-11H,12H2,1-4H3,(H,20,24). The van der Waals surface area contributed by atoms with Crippen LogP contribution in [0.5, 0.6) is 0 Å². The van der Waals surface area contributed by atoms with Crippen LogP contribution in [0.25, 0.3) is 0 Å². The molecular weight excluding hydrogens is 380 g/mol. The summed E-state index contributed by atoms with van der Waals surface area (Å²) in [6, 6.07) is 11.6. The zero-order valence-electron chi connectivity index (χ0n) is 16.1. The van der Waals surface area contributed by atoms with E-state index in [0.717, 1.165) is 4.90 Å². The van der Waals surface area contributed by atoms with Crippen molar-refractivity contribution in [3.05, 3.63) is 58.1 Å². The van der Waals surface area contributed by atoms with Gasteiger partial charge in [-0.25, -0.2) is 0 Å². The number of nitrogens with zero attached hydrogens (tertiary/aromatic N) is 3. The molecule has 9 heteroatoms. The number of anilines is 2. The molecule has 0 heterocycles. The fraction of sp³-hybridized carbons (Fsp3) is 0.263. The molecule has 0 aliphatic heterocycles. The molecule has 0 bridgehead atoms. The largest absolute Gasteiger partial charge is 0.372 e. The average molecular weight is 402 g/mol. The highest BCUT2D eigenvalue weighted by Crippen LogP contribution is 2.28. The van der Waals surface area contributed by atoms with Gasteiger partial charge in [-0.2, -0.15) is 0 Å². The Morgan fingerprint density at radius 3 is 2.43 bits per heavy atom. The molecule has 2 amide bonds. The summed E-state index contributed by atoms with van der Waals surface area (Å²) in [6.45, 7) is -0.176. The summed E-state index contributed by atoms with van der Waals surface area (Å²) in [5.74, 6) is -0.821. The predicted molar refractivity (Wildman–Crippen MR) is 111 cm³/mol. The monoisotopic (exact) mass is 402 g/mol. The molecule has 0 aliphatic rings. The second-order valence-corrected chi connectivity index (χ2v) is 7.11. The highest BCUT2D eigenvalue weighted by atomic mass is 32.2. The van der Waals surface area contributed by atoms with Gasteiger partial charge in [0.1, 0.15) is 5.69 Å². The molecule has 0 fully saturated rings. The molecule has 8 nitrogen and oxygen atoms in total. The molecule has 0 spiro atoms. The summed E-state index contributed by atoms with van der Waals surface area (Å²) < 4.78 is 0. The van der Waals surface area contributed by atoms with E-state index in [2.05, 4.69) is 5.32 Å². The van der Waals surface area contributed by atoms with Gasteiger partial charge in [-0.3, -0.25) is 19.7 Å². The second kappa shape index (κ2) is 9.23. The van der Waals surface area contributed by atoms with Gasteiger partial charge in [0.05, 0.1) is 17.2 Å². The van der Waals surface area contributed by atoms with Crippen molar-refractivity contribution >= 4 is 40.6 Å². The Labute approximate surface area is 167 Å². The van der Waals surface area contributed by atoms with Crippen molar-refractivity contribution in [2.45, 2.75) is 4.90 Å². The molecule has 0 saturated carbocycles. The van der Waals surface area contributed by atoms with Crippen molar-refractivity contribution in [1.82, 2.24) is 4.90 Å². The average Bonchev–Trinajstić information content (AvgIpc) is 2.66. The van der Waals surface area contributed by atoms with Gasteiger partial charge < -0.3 is 15.1 Å². The first-order valence-electron chi connectivity index (χ1n) is 8.38. The highest BCUT2D eigenvalue weighted by Gasteiger charge is 2.21. The van der Waals surface area contributed by atoms with Crippen molar-refractivity contribution in [3.63, 3.8) is 0 Å². The Bertz CT molecular complexity index is 901. The molecular formula is C19H22N4O4S. The maximum absolute atomic E-state index is 12.6. The maximum atomic E-state index is 12.6. The first kappa shape index (κ1) is 21.2. The fourth-order valence-corrected chi connectivity index (χ4v) is 3.18. The van der Waals surface area contributed by atoms with Crippen LogP contribution in [0.1, 0.15) is 10.4 Å². The molecule has 148 valence electrons. The lowest BCUT2D eigenvalue weighted by Crippen LogP contribution is -2.35. The fourth-order valence-electron chi connectivity index (χ4n) is 2.63. The van der Waals surface area contributed by atoms with E-state index in [9.17, 15) is 19.7 Å². The Balaban J connectivity index is 2.13. The van der Waals surface area contributed by atoms with E-state index in [0.29, 0.717) is 11.4 Å². The number of nitro groups is 1. The number of rotatable bonds is 7. The van der Waals surface area contributed by atoms with E-state index in [1.807, 2.05) is 24.5 Å². The Kier molecular flexibility index (Phi) is 7.00. The van der Waals surface area contributed by atoms with Gasteiger partial charge in [0.15, 0.2) is 0 Å². The molecule has 0 saturated heterocycles. The van der Waals surface area contributed by atoms with Crippen LogP contribution in [-0.2, 0) is 4.79 Å². The van der Waals surface area contributed by atoms with Crippen LogP contribution >= 0.6 is 11.8 Å².